The normalized spacial score (nSPS) is 26.2. The van der Waals surface area contributed by atoms with Crippen molar-refractivity contribution >= 4 is 5.91 Å². The molecule has 1 aromatic rings. The zero-order valence-electron chi connectivity index (χ0n) is 12.4. The summed E-state index contributed by atoms with van der Waals surface area (Å²) in [4.78, 5) is 14.8. The predicted molar refractivity (Wildman–Crippen MR) is 78.9 cm³/mol. The smallest absolute Gasteiger partial charge is 0.254 e. The summed E-state index contributed by atoms with van der Waals surface area (Å²) in [5.41, 5.74) is 3.24. The van der Waals surface area contributed by atoms with Crippen LogP contribution in [0.2, 0.25) is 0 Å². The average Bonchev–Trinajstić information content (AvgIpc) is 2.49. The molecule has 1 heterocycles. The second-order valence-electron chi connectivity index (χ2n) is 6.06. The van der Waals surface area contributed by atoms with Crippen molar-refractivity contribution in [1.29, 1.82) is 0 Å². The molecule has 1 saturated carbocycles. The monoisotopic (exact) mass is 273 g/mol. The number of hydrogen-bond donors (Lipinski definition) is 0. The lowest BCUT2D eigenvalue weighted by Crippen LogP contribution is -2.54. The Kier molecular flexibility index (Phi) is 3.79. The number of hydrogen-bond acceptors (Lipinski definition) is 2. The molecule has 0 bridgehead atoms. The van der Waals surface area contributed by atoms with E-state index in [1.54, 1.807) is 0 Å². The van der Waals surface area contributed by atoms with E-state index in [9.17, 15) is 4.79 Å². The summed E-state index contributed by atoms with van der Waals surface area (Å²) >= 11 is 0. The minimum Gasteiger partial charge on any atom is -0.374 e. The van der Waals surface area contributed by atoms with Gasteiger partial charge in [-0.2, -0.15) is 0 Å². The van der Waals surface area contributed by atoms with Gasteiger partial charge in [0.05, 0.1) is 18.8 Å². The highest BCUT2D eigenvalue weighted by molar-refractivity contribution is 5.94. The van der Waals surface area contributed by atoms with Crippen LogP contribution in [0.5, 0.6) is 0 Å². The van der Waals surface area contributed by atoms with Crippen LogP contribution < -0.4 is 0 Å². The van der Waals surface area contributed by atoms with Crippen molar-refractivity contribution in [2.75, 3.05) is 13.2 Å². The summed E-state index contributed by atoms with van der Waals surface area (Å²) in [5.74, 6) is 0.174. The molecule has 3 nitrogen and oxygen atoms in total. The van der Waals surface area contributed by atoms with Crippen LogP contribution >= 0.6 is 0 Å². The minimum absolute atomic E-state index is 0.174. The number of benzene rings is 1. The highest BCUT2D eigenvalue weighted by atomic mass is 16.5. The summed E-state index contributed by atoms with van der Waals surface area (Å²) in [7, 11) is 0. The molecule has 1 amide bonds. The van der Waals surface area contributed by atoms with Crippen molar-refractivity contribution in [3.05, 3.63) is 34.9 Å². The van der Waals surface area contributed by atoms with Crippen LogP contribution in [0.4, 0.5) is 0 Å². The molecule has 0 aromatic heterocycles. The Morgan fingerprint density at radius 3 is 2.80 bits per heavy atom. The maximum Gasteiger partial charge on any atom is 0.254 e. The number of nitrogens with zero attached hydrogens (tertiary/aromatic N) is 1. The first-order valence-corrected chi connectivity index (χ1v) is 7.66. The maximum atomic E-state index is 12.8. The van der Waals surface area contributed by atoms with Crippen LogP contribution in [0.15, 0.2) is 18.2 Å². The number of fused-ring (bicyclic) bond motifs is 1. The van der Waals surface area contributed by atoms with Crippen LogP contribution in [0.1, 0.15) is 47.2 Å². The third-order valence-corrected chi connectivity index (χ3v) is 4.75. The lowest BCUT2D eigenvalue weighted by Gasteiger charge is -2.43. The van der Waals surface area contributed by atoms with Crippen LogP contribution in [0.3, 0.4) is 0 Å². The van der Waals surface area contributed by atoms with Crippen molar-refractivity contribution in [1.82, 2.24) is 4.90 Å². The maximum absolute atomic E-state index is 12.8. The van der Waals surface area contributed by atoms with Crippen molar-refractivity contribution in [2.24, 2.45) is 0 Å². The summed E-state index contributed by atoms with van der Waals surface area (Å²) in [6.45, 7) is 5.55. The lowest BCUT2D eigenvalue weighted by molar-refractivity contribution is -0.0752. The number of morpholine rings is 1. The Bertz CT molecular complexity index is 510. The average molecular weight is 273 g/mol. The zero-order chi connectivity index (χ0) is 14.1. The van der Waals surface area contributed by atoms with Crippen LogP contribution in [-0.4, -0.2) is 36.1 Å². The quantitative estimate of drug-likeness (QED) is 0.787. The van der Waals surface area contributed by atoms with Gasteiger partial charge in [-0.3, -0.25) is 4.79 Å². The van der Waals surface area contributed by atoms with E-state index in [2.05, 4.69) is 18.7 Å². The van der Waals surface area contributed by atoms with E-state index in [4.69, 9.17) is 4.74 Å². The molecule has 1 aliphatic heterocycles. The van der Waals surface area contributed by atoms with Crippen molar-refractivity contribution in [3.63, 3.8) is 0 Å². The molecule has 0 N–H and O–H groups in total. The molecule has 0 unspecified atom stereocenters. The number of carbonyl (C=O) groups excluding carboxylic acids is 1. The van der Waals surface area contributed by atoms with Gasteiger partial charge in [0.2, 0.25) is 0 Å². The molecular weight excluding hydrogens is 250 g/mol. The molecule has 108 valence electrons. The van der Waals surface area contributed by atoms with Crippen LogP contribution in [0, 0.1) is 13.8 Å². The first-order valence-electron chi connectivity index (χ1n) is 7.66. The van der Waals surface area contributed by atoms with Gasteiger partial charge in [-0.05, 0) is 49.9 Å². The molecule has 3 rings (SSSR count). The Hall–Kier alpha value is -1.35. The second kappa shape index (κ2) is 5.57. The fourth-order valence-electron chi connectivity index (χ4n) is 3.39. The number of aryl methyl sites for hydroxylation is 2. The molecule has 1 aliphatic carbocycles. The molecule has 1 saturated heterocycles. The van der Waals surface area contributed by atoms with Crippen LogP contribution in [-0.2, 0) is 4.74 Å². The highest BCUT2D eigenvalue weighted by Gasteiger charge is 2.36. The third-order valence-electron chi connectivity index (χ3n) is 4.75. The summed E-state index contributed by atoms with van der Waals surface area (Å²) in [6.07, 6.45) is 4.88. The van der Waals surface area contributed by atoms with Crippen LogP contribution in [0.25, 0.3) is 0 Å². The van der Waals surface area contributed by atoms with Gasteiger partial charge < -0.3 is 9.64 Å². The van der Waals surface area contributed by atoms with Crippen molar-refractivity contribution in [2.45, 2.75) is 51.7 Å². The van der Waals surface area contributed by atoms with E-state index >= 15 is 0 Å². The van der Waals surface area contributed by atoms with Gasteiger partial charge in [0.15, 0.2) is 0 Å². The molecular formula is C17H23NO2. The third kappa shape index (κ3) is 2.47. The number of ether oxygens (including phenoxy) is 1. The first-order chi connectivity index (χ1) is 9.66. The topological polar surface area (TPSA) is 29.5 Å². The molecule has 0 radical (unpaired) electrons. The number of rotatable bonds is 1. The Morgan fingerprint density at radius 1 is 1.20 bits per heavy atom. The van der Waals surface area contributed by atoms with E-state index in [0.29, 0.717) is 6.61 Å². The Morgan fingerprint density at radius 2 is 2.00 bits per heavy atom. The van der Waals surface area contributed by atoms with Gasteiger partial charge in [-0.25, -0.2) is 0 Å². The van der Waals surface area contributed by atoms with E-state index in [1.807, 2.05) is 18.2 Å². The summed E-state index contributed by atoms with van der Waals surface area (Å²) < 4.78 is 5.85. The summed E-state index contributed by atoms with van der Waals surface area (Å²) in [5, 5.41) is 0. The molecule has 20 heavy (non-hydrogen) atoms. The molecule has 0 spiro atoms. The number of carbonyl (C=O) groups is 1. The largest absolute Gasteiger partial charge is 0.374 e. The SMILES string of the molecule is Cc1ccc(C(=O)N2CCO[C@@H]3CCCC[C@@H]32)cc1C. The summed E-state index contributed by atoms with van der Waals surface area (Å²) in [6, 6.07) is 6.30. The molecule has 2 fully saturated rings. The van der Waals surface area contributed by atoms with Gasteiger partial charge in [0.1, 0.15) is 0 Å². The molecule has 3 heteroatoms. The standard InChI is InChI=1S/C17H23NO2/c1-12-7-8-14(11-13(12)2)17(19)18-9-10-20-16-6-4-3-5-15(16)18/h7-8,11,15-16H,3-6,9-10H2,1-2H3/t15-,16+/m0/s1. The fraction of sp³-hybridized carbons (Fsp3) is 0.588. The minimum atomic E-state index is 0.174. The Balaban J connectivity index is 1.83. The second-order valence-corrected chi connectivity index (χ2v) is 6.06. The Labute approximate surface area is 120 Å². The van der Waals surface area contributed by atoms with E-state index in [1.165, 1.54) is 24.0 Å². The van der Waals surface area contributed by atoms with E-state index in [0.717, 1.165) is 24.9 Å². The highest BCUT2D eigenvalue weighted by Crippen LogP contribution is 2.29. The van der Waals surface area contributed by atoms with Gasteiger partial charge in [-0.1, -0.05) is 18.9 Å². The van der Waals surface area contributed by atoms with Gasteiger partial charge in [0, 0.05) is 12.1 Å². The molecule has 1 aromatic carbocycles. The van der Waals surface area contributed by atoms with E-state index < -0.39 is 0 Å². The first kappa shape index (κ1) is 13.6. The van der Waals surface area contributed by atoms with Gasteiger partial charge >= 0.3 is 0 Å². The zero-order valence-corrected chi connectivity index (χ0v) is 12.4. The van der Waals surface area contributed by atoms with Crippen molar-refractivity contribution < 1.29 is 9.53 Å². The predicted octanol–water partition coefficient (Wildman–Crippen LogP) is 3.09. The molecule has 2 atom stereocenters. The number of amides is 1. The van der Waals surface area contributed by atoms with Crippen molar-refractivity contribution in [3.8, 4) is 0 Å². The van der Waals surface area contributed by atoms with Gasteiger partial charge in [-0.15, -0.1) is 0 Å². The van der Waals surface area contributed by atoms with Gasteiger partial charge in [0.25, 0.3) is 5.91 Å². The van der Waals surface area contributed by atoms with E-state index in [-0.39, 0.29) is 18.1 Å². The molecule has 2 aliphatic rings. The fourth-order valence-corrected chi connectivity index (χ4v) is 3.39. The lowest BCUT2D eigenvalue weighted by atomic mass is 9.89.